The third kappa shape index (κ3) is 4.85. The SMILES string of the molecule is C=C(C)COCCNC(C)c1cc(F)ccc1O. The Morgan fingerprint density at radius 3 is 2.94 bits per heavy atom. The van der Waals surface area contributed by atoms with Gasteiger partial charge in [0.2, 0.25) is 0 Å². The predicted molar refractivity (Wildman–Crippen MR) is 70.1 cm³/mol. The van der Waals surface area contributed by atoms with Crippen molar-refractivity contribution in [3.05, 3.63) is 41.7 Å². The highest BCUT2D eigenvalue weighted by Crippen LogP contribution is 2.24. The maximum Gasteiger partial charge on any atom is 0.123 e. The van der Waals surface area contributed by atoms with Crippen molar-refractivity contribution in [3.8, 4) is 5.75 Å². The highest BCUT2D eigenvalue weighted by molar-refractivity contribution is 5.34. The quantitative estimate of drug-likeness (QED) is 0.580. The standard InChI is InChI=1S/C14H20FNO2/c1-10(2)9-18-7-6-16-11(3)13-8-12(15)4-5-14(13)17/h4-5,8,11,16-17H,1,6-7,9H2,2-3H3. The van der Waals surface area contributed by atoms with Crippen LogP contribution in [-0.2, 0) is 4.74 Å². The van der Waals surface area contributed by atoms with Gasteiger partial charge in [-0.15, -0.1) is 0 Å². The van der Waals surface area contributed by atoms with E-state index in [1.165, 1.54) is 18.2 Å². The van der Waals surface area contributed by atoms with E-state index in [-0.39, 0.29) is 17.6 Å². The van der Waals surface area contributed by atoms with Crippen molar-refractivity contribution in [2.75, 3.05) is 19.8 Å². The van der Waals surface area contributed by atoms with Crippen molar-refractivity contribution in [1.29, 1.82) is 0 Å². The average Bonchev–Trinajstić information content (AvgIpc) is 2.31. The lowest BCUT2D eigenvalue weighted by Crippen LogP contribution is -2.23. The molecule has 0 fully saturated rings. The third-order valence-electron chi connectivity index (χ3n) is 2.50. The zero-order chi connectivity index (χ0) is 13.5. The Balaban J connectivity index is 2.38. The first-order valence-electron chi connectivity index (χ1n) is 5.94. The molecule has 1 unspecified atom stereocenters. The molecule has 1 aromatic carbocycles. The molecule has 0 heterocycles. The van der Waals surface area contributed by atoms with Crippen molar-refractivity contribution in [3.63, 3.8) is 0 Å². The number of hydrogen-bond acceptors (Lipinski definition) is 3. The molecular formula is C14H20FNO2. The van der Waals surface area contributed by atoms with Gasteiger partial charge in [0.15, 0.2) is 0 Å². The summed E-state index contributed by atoms with van der Waals surface area (Å²) in [5, 5.41) is 12.8. The van der Waals surface area contributed by atoms with Crippen molar-refractivity contribution in [2.45, 2.75) is 19.9 Å². The van der Waals surface area contributed by atoms with E-state index in [1.54, 1.807) is 0 Å². The minimum absolute atomic E-state index is 0.0965. The topological polar surface area (TPSA) is 41.5 Å². The van der Waals surface area contributed by atoms with E-state index in [9.17, 15) is 9.50 Å². The molecule has 0 aliphatic carbocycles. The van der Waals surface area contributed by atoms with Gasteiger partial charge in [0.05, 0.1) is 13.2 Å². The Hall–Kier alpha value is -1.39. The van der Waals surface area contributed by atoms with Crippen LogP contribution in [0.5, 0.6) is 5.75 Å². The van der Waals surface area contributed by atoms with Crippen LogP contribution in [0.15, 0.2) is 30.4 Å². The zero-order valence-corrected chi connectivity index (χ0v) is 10.9. The number of rotatable bonds is 7. The molecule has 0 spiro atoms. The second-order valence-electron chi connectivity index (χ2n) is 4.39. The van der Waals surface area contributed by atoms with Gasteiger partial charge in [-0.25, -0.2) is 4.39 Å². The van der Waals surface area contributed by atoms with Crippen molar-refractivity contribution in [1.82, 2.24) is 5.32 Å². The lowest BCUT2D eigenvalue weighted by Gasteiger charge is -2.15. The van der Waals surface area contributed by atoms with E-state index in [1.807, 2.05) is 13.8 Å². The molecule has 0 amide bonds. The first-order chi connectivity index (χ1) is 8.50. The lowest BCUT2D eigenvalue weighted by molar-refractivity contribution is 0.155. The van der Waals surface area contributed by atoms with E-state index in [0.717, 1.165) is 5.57 Å². The van der Waals surface area contributed by atoms with Crippen LogP contribution >= 0.6 is 0 Å². The van der Waals surface area contributed by atoms with Crippen molar-refractivity contribution >= 4 is 0 Å². The maximum atomic E-state index is 13.1. The van der Waals surface area contributed by atoms with Gasteiger partial charge < -0.3 is 15.2 Å². The number of nitrogens with one attached hydrogen (secondary N) is 1. The van der Waals surface area contributed by atoms with Crippen molar-refractivity contribution in [2.24, 2.45) is 0 Å². The van der Waals surface area contributed by atoms with Crippen LogP contribution in [0.4, 0.5) is 4.39 Å². The molecule has 1 aromatic rings. The number of benzene rings is 1. The van der Waals surface area contributed by atoms with Gasteiger partial charge in [0.1, 0.15) is 11.6 Å². The van der Waals surface area contributed by atoms with Gasteiger partial charge in [0, 0.05) is 18.2 Å². The normalized spacial score (nSPS) is 12.4. The molecule has 0 aliphatic heterocycles. The number of phenolic OH excluding ortho intramolecular Hbond substituents is 1. The Morgan fingerprint density at radius 2 is 2.28 bits per heavy atom. The summed E-state index contributed by atoms with van der Waals surface area (Å²) in [5.41, 5.74) is 1.53. The predicted octanol–water partition coefficient (Wildman–Crippen LogP) is 2.77. The van der Waals surface area contributed by atoms with Crippen LogP contribution in [-0.4, -0.2) is 24.9 Å². The number of phenols is 1. The summed E-state index contributed by atoms with van der Waals surface area (Å²) in [6.07, 6.45) is 0. The van der Waals surface area contributed by atoms with Crippen LogP contribution in [0.25, 0.3) is 0 Å². The molecular weight excluding hydrogens is 233 g/mol. The highest BCUT2D eigenvalue weighted by atomic mass is 19.1. The fraction of sp³-hybridized carbons (Fsp3) is 0.429. The molecule has 0 aromatic heterocycles. The molecule has 1 atom stereocenters. The molecule has 2 N–H and O–H groups in total. The fourth-order valence-electron chi connectivity index (χ4n) is 1.58. The summed E-state index contributed by atoms with van der Waals surface area (Å²) in [5.74, 6) is -0.255. The van der Waals surface area contributed by atoms with E-state index in [0.29, 0.717) is 25.3 Å². The van der Waals surface area contributed by atoms with E-state index >= 15 is 0 Å². The van der Waals surface area contributed by atoms with Crippen LogP contribution in [0.2, 0.25) is 0 Å². The first kappa shape index (κ1) is 14.7. The Labute approximate surface area is 107 Å². The third-order valence-corrected chi connectivity index (χ3v) is 2.50. The second kappa shape index (κ2) is 7.13. The Bertz CT molecular complexity index is 407. The summed E-state index contributed by atoms with van der Waals surface area (Å²) < 4.78 is 18.4. The monoisotopic (exact) mass is 253 g/mol. The fourth-order valence-corrected chi connectivity index (χ4v) is 1.58. The van der Waals surface area contributed by atoms with Gasteiger partial charge in [-0.05, 0) is 32.0 Å². The van der Waals surface area contributed by atoms with Gasteiger partial charge in [-0.2, -0.15) is 0 Å². The Morgan fingerprint density at radius 1 is 1.56 bits per heavy atom. The largest absolute Gasteiger partial charge is 0.508 e. The molecule has 0 bridgehead atoms. The van der Waals surface area contributed by atoms with Crippen molar-refractivity contribution < 1.29 is 14.2 Å². The van der Waals surface area contributed by atoms with Gasteiger partial charge >= 0.3 is 0 Å². The molecule has 1 rings (SSSR count). The molecule has 18 heavy (non-hydrogen) atoms. The van der Waals surface area contributed by atoms with Crippen LogP contribution in [0.3, 0.4) is 0 Å². The number of ether oxygens (including phenoxy) is 1. The number of halogens is 1. The minimum atomic E-state index is -0.352. The molecule has 0 saturated heterocycles. The highest BCUT2D eigenvalue weighted by Gasteiger charge is 2.10. The smallest absolute Gasteiger partial charge is 0.123 e. The minimum Gasteiger partial charge on any atom is -0.508 e. The summed E-state index contributed by atoms with van der Waals surface area (Å²) in [4.78, 5) is 0. The molecule has 3 nitrogen and oxygen atoms in total. The van der Waals surface area contributed by atoms with E-state index in [4.69, 9.17) is 4.74 Å². The van der Waals surface area contributed by atoms with Crippen LogP contribution in [0, 0.1) is 5.82 Å². The molecule has 0 aliphatic rings. The second-order valence-corrected chi connectivity index (χ2v) is 4.39. The van der Waals surface area contributed by atoms with Crippen LogP contribution < -0.4 is 5.32 Å². The Kier molecular flexibility index (Phi) is 5.82. The lowest BCUT2D eigenvalue weighted by atomic mass is 10.1. The van der Waals surface area contributed by atoms with Crippen LogP contribution in [0.1, 0.15) is 25.5 Å². The molecule has 0 saturated carbocycles. The summed E-state index contributed by atoms with van der Waals surface area (Å²) in [6.45, 7) is 9.23. The van der Waals surface area contributed by atoms with E-state index in [2.05, 4.69) is 11.9 Å². The number of hydrogen-bond donors (Lipinski definition) is 2. The summed E-state index contributed by atoms with van der Waals surface area (Å²) >= 11 is 0. The van der Waals surface area contributed by atoms with E-state index < -0.39 is 0 Å². The average molecular weight is 253 g/mol. The molecule has 4 heteroatoms. The zero-order valence-electron chi connectivity index (χ0n) is 10.9. The van der Waals surface area contributed by atoms with Gasteiger partial charge in [0.25, 0.3) is 0 Å². The summed E-state index contributed by atoms with van der Waals surface area (Å²) in [6, 6.07) is 3.80. The molecule has 0 radical (unpaired) electrons. The molecule has 100 valence electrons. The maximum absolute atomic E-state index is 13.1. The number of aromatic hydroxyl groups is 1. The first-order valence-corrected chi connectivity index (χ1v) is 5.94. The van der Waals surface area contributed by atoms with Gasteiger partial charge in [-0.3, -0.25) is 0 Å². The van der Waals surface area contributed by atoms with Gasteiger partial charge in [-0.1, -0.05) is 12.2 Å². The summed E-state index contributed by atoms with van der Waals surface area (Å²) in [7, 11) is 0.